The van der Waals surface area contributed by atoms with Crippen molar-refractivity contribution in [1.82, 2.24) is 19.6 Å². The highest BCUT2D eigenvalue weighted by atomic mass is 16.1. The Labute approximate surface area is 225 Å². The normalized spacial score (nSPS) is 9.62. The molecule has 0 aromatic heterocycles. The van der Waals surface area contributed by atoms with Crippen LogP contribution in [0.5, 0.6) is 0 Å². The first-order valence-electron chi connectivity index (χ1n) is 13.4. The largest absolute Gasteiger partial charge is 0.322 e. The van der Waals surface area contributed by atoms with Crippen LogP contribution in [0.4, 0.5) is 0 Å². The minimum absolute atomic E-state index is 0.752. The van der Waals surface area contributed by atoms with E-state index in [1.807, 2.05) is 0 Å². The zero-order valence-corrected chi connectivity index (χ0v) is 22.9. The number of hydrogen-bond donors (Lipinski definition) is 0. The first kappa shape index (κ1) is 36.0. The predicted molar refractivity (Wildman–Crippen MR) is 152 cm³/mol. The van der Waals surface area contributed by atoms with E-state index in [4.69, 9.17) is 0 Å². The summed E-state index contributed by atoms with van der Waals surface area (Å²) in [5, 5.41) is 0. The second-order valence-electron chi connectivity index (χ2n) is 8.70. The number of rotatable bonds is 27. The lowest BCUT2D eigenvalue weighted by Crippen LogP contribution is -2.15. The maximum absolute atomic E-state index is 10.5. The second-order valence-corrected chi connectivity index (χ2v) is 8.70. The number of nitrogens with zero attached hydrogens (tertiary/aromatic N) is 4. The molecule has 0 aromatic carbocycles. The molecule has 0 spiro atoms. The molecule has 37 heavy (non-hydrogen) atoms. The fourth-order valence-corrected chi connectivity index (χ4v) is 3.52. The molecule has 0 radical (unpaired) electrons. The topological polar surface area (TPSA) is 81.2 Å². The maximum atomic E-state index is 10.5. The van der Waals surface area contributed by atoms with E-state index in [1.54, 1.807) is 44.4 Å². The summed E-state index contributed by atoms with van der Waals surface area (Å²) in [7, 11) is 0. The van der Waals surface area contributed by atoms with E-state index in [0.29, 0.717) is 0 Å². The van der Waals surface area contributed by atoms with Crippen molar-refractivity contribution in [3.05, 3.63) is 51.1 Å². The van der Waals surface area contributed by atoms with Gasteiger partial charge in [0.15, 0.2) is 0 Å². The third kappa shape index (κ3) is 24.3. The minimum Gasteiger partial charge on any atom is -0.322 e. The molecule has 0 fully saturated rings. The van der Waals surface area contributed by atoms with Gasteiger partial charge in [0.2, 0.25) is 25.6 Å². The van der Waals surface area contributed by atoms with Crippen molar-refractivity contribution in [2.75, 3.05) is 26.2 Å². The fraction of sp³-hybridized carbons (Fsp3) is 0.586. The molecule has 0 aliphatic heterocycles. The number of carbonyl (C=O) groups excluding carboxylic acids is 4. The van der Waals surface area contributed by atoms with Crippen molar-refractivity contribution in [1.29, 1.82) is 0 Å². The number of carbonyl (C=O) groups is 4. The van der Waals surface area contributed by atoms with E-state index in [2.05, 4.69) is 26.3 Å². The smallest absolute Gasteiger partial charge is 0.213 e. The quantitative estimate of drug-likeness (QED) is 0.107. The average molecular weight is 519 g/mol. The third-order valence-corrected chi connectivity index (χ3v) is 5.89. The van der Waals surface area contributed by atoms with Gasteiger partial charge in [0.1, 0.15) is 0 Å². The second kappa shape index (κ2) is 29.1. The highest BCUT2D eigenvalue weighted by molar-refractivity contribution is 5.49. The average Bonchev–Trinajstić information content (AvgIpc) is 2.93. The molecule has 0 atom stereocenters. The molecule has 8 heteroatoms. The SMILES string of the molecule is C=CN(C=O)CCCCCCCCCN(C=C)C=O.C=CN(C=O)CCCCCCCCN(C=C)C=O. The summed E-state index contributed by atoms with van der Waals surface area (Å²) in [6, 6.07) is 0. The summed E-state index contributed by atoms with van der Waals surface area (Å²) in [5.74, 6) is 0. The summed E-state index contributed by atoms with van der Waals surface area (Å²) in [5.41, 5.74) is 0. The fourth-order valence-electron chi connectivity index (χ4n) is 3.52. The number of amides is 4. The van der Waals surface area contributed by atoms with Crippen LogP contribution in [-0.2, 0) is 19.2 Å². The molecule has 0 unspecified atom stereocenters. The van der Waals surface area contributed by atoms with Crippen LogP contribution in [0.1, 0.15) is 83.5 Å². The molecule has 0 heterocycles. The Balaban J connectivity index is 0. The number of hydrogen-bond acceptors (Lipinski definition) is 4. The van der Waals surface area contributed by atoms with Crippen LogP contribution in [-0.4, -0.2) is 71.4 Å². The van der Waals surface area contributed by atoms with Gasteiger partial charge < -0.3 is 19.6 Å². The Morgan fingerprint density at radius 1 is 0.324 bits per heavy atom. The maximum Gasteiger partial charge on any atom is 0.213 e. The molecule has 0 saturated carbocycles. The van der Waals surface area contributed by atoms with E-state index in [1.165, 1.54) is 32.1 Å². The van der Waals surface area contributed by atoms with Crippen LogP contribution in [0.3, 0.4) is 0 Å². The van der Waals surface area contributed by atoms with Crippen molar-refractivity contribution in [3.8, 4) is 0 Å². The van der Waals surface area contributed by atoms with Crippen molar-refractivity contribution in [2.24, 2.45) is 0 Å². The zero-order valence-electron chi connectivity index (χ0n) is 22.9. The third-order valence-electron chi connectivity index (χ3n) is 5.89. The first-order chi connectivity index (χ1) is 18.1. The van der Waals surface area contributed by atoms with Crippen LogP contribution in [0.2, 0.25) is 0 Å². The van der Waals surface area contributed by atoms with Crippen LogP contribution in [0.25, 0.3) is 0 Å². The highest BCUT2D eigenvalue weighted by Crippen LogP contribution is 2.08. The lowest BCUT2D eigenvalue weighted by molar-refractivity contribution is -0.116. The molecule has 0 N–H and O–H groups in total. The van der Waals surface area contributed by atoms with Gasteiger partial charge in [-0.3, -0.25) is 19.2 Å². The minimum atomic E-state index is 0.752. The standard InChI is InChI=1S/C15H26N2O2.C14H24N2O2/c1-3-16(14-18)12-10-8-6-5-7-9-11-13-17(4-2)15-19;1-3-15(13-17)11-9-7-5-6-8-10-12-16(4-2)14-18/h3-4,14-15H,1-2,5-13H2;3-4,13-14H,1-2,5-12H2. The van der Waals surface area contributed by atoms with Gasteiger partial charge in [0.05, 0.1) is 0 Å². The van der Waals surface area contributed by atoms with Gasteiger partial charge in [-0.1, -0.05) is 84.1 Å². The Hall–Kier alpha value is -3.16. The van der Waals surface area contributed by atoms with E-state index >= 15 is 0 Å². The lowest BCUT2D eigenvalue weighted by Gasteiger charge is -2.11. The van der Waals surface area contributed by atoms with Crippen molar-refractivity contribution in [3.63, 3.8) is 0 Å². The van der Waals surface area contributed by atoms with E-state index in [0.717, 1.165) is 103 Å². The van der Waals surface area contributed by atoms with E-state index in [-0.39, 0.29) is 0 Å². The predicted octanol–water partition coefficient (Wildman–Crippen LogP) is 5.45. The first-order valence-corrected chi connectivity index (χ1v) is 13.4. The number of unbranched alkanes of at least 4 members (excludes halogenated alkanes) is 11. The molecule has 0 aliphatic carbocycles. The van der Waals surface area contributed by atoms with Crippen molar-refractivity contribution in [2.45, 2.75) is 83.5 Å². The van der Waals surface area contributed by atoms with Gasteiger partial charge in [0.25, 0.3) is 0 Å². The van der Waals surface area contributed by atoms with E-state index in [9.17, 15) is 19.2 Å². The molecular weight excluding hydrogens is 468 g/mol. The molecule has 0 aliphatic rings. The molecule has 8 nitrogen and oxygen atoms in total. The molecule has 0 aromatic rings. The van der Waals surface area contributed by atoms with Gasteiger partial charge in [-0.15, -0.1) is 0 Å². The summed E-state index contributed by atoms with van der Waals surface area (Å²) in [4.78, 5) is 48.2. The molecular formula is C29H50N4O4. The molecule has 0 rings (SSSR count). The van der Waals surface area contributed by atoms with Gasteiger partial charge in [-0.2, -0.15) is 0 Å². The highest BCUT2D eigenvalue weighted by Gasteiger charge is 1.99. The summed E-state index contributed by atoms with van der Waals surface area (Å²) >= 11 is 0. The van der Waals surface area contributed by atoms with Crippen molar-refractivity contribution < 1.29 is 19.2 Å². The molecule has 0 bridgehead atoms. The monoisotopic (exact) mass is 518 g/mol. The van der Waals surface area contributed by atoms with Crippen LogP contribution in [0, 0.1) is 0 Å². The van der Waals surface area contributed by atoms with Crippen LogP contribution >= 0.6 is 0 Å². The Bertz CT molecular complexity index is 543. The summed E-state index contributed by atoms with van der Waals surface area (Å²) in [6.45, 7) is 17.3. The lowest BCUT2D eigenvalue weighted by atomic mass is 10.1. The van der Waals surface area contributed by atoms with Crippen LogP contribution in [0.15, 0.2) is 51.1 Å². The Kier molecular flexibility index (Phi) is 28.3. The van der Waals surface area contributed by atoms with Gasteiger partial charge >= 0.3 is 0 Å². The molecule has 0 saturated heterocycles. The van der Waals surface area contributed by atoms with Gasteiger partial charge in [0, 0.05) is 26.2 Å². The van der Waals surface area contributed by atoms with Gasteiger partial charge in [-0.05, 0) is 50.5 Å². The van der Waals surface area contributed by atoms with Gasteiger partial charge in [-0.25, -0.2) is 0 Å². The zero-order chi connectivity index (χ0) is 28.0. The summed E-state index contributed by atoms with van der Waals surface area (Å²) in [6.07, 6.45) is 24.0. The Morgan fingerprint density at radius 2 is 0.486 bits per heavy atom. The van der Waals surface area contributed by atoms with Crippen molar-refractivity contribution >= 4 is 25.6 Å². The van der Waals surface area contributed by atoms with Crippen LogP contribution < -0.4 is 0 Å². The Morgan fingerprint density at radius 3 is 0.622 bits per heavy atom. The molecule has 210 valence electrons. The molecule has 4 amide bonds. The van der Waals surface area contributed by atoms with E-state index < -0.39 is 0 Å². The summed E-state index contributed by atoms with van der Waals surface area (Å²) < 4.78 is 0.